The SMILES string of the molecule is CCOc1ccc(OCC)c(NC(=O)CSc2nc3c(cc2C#N)=CC2OCCOC2C=3)c1. The molecule has 1 fully saturated rings. The number of thioether (sulfide) groups is 1. The molecule has 1 aliphatic heterocycles. The predicted octanol–water partition coefficient (Wildman–Crippen LogP) is 1.84. The number of carbonyl (C=O) groups excluding carboxylic acids is 1. The average Bonchev–Trinajstić information content (AvgIpc) is 2.82. The molecule has 4 rings (SSSR count). The van der Waals surface area contributed by atoms with E-state index in [1.807, 2.05) is 26.0 Å². The van der Waals surface area contributed by atoms with E-state index in [-0.39, 0.29) is 23.9 Å². The number of nitrogens with zero attached hydrogens (tertiary/aromatic N) is 2. The first-order valence-corrected chi connectivity index (χ1v) is 11.8. The van der Waals surface area contributed by atoms with Gasteiger partial charge in [0.1, 0.15) is 34.8 Å². The van der Waals surface area contributed by atoms with Crippen LogP contribution in [0.2, 0.25) is 0 Å². The Balaban J connectivity index is 1.50. The summed E-state index contributed by atoms with van der Waals surface area (Å²) < 4.78 is 22.6. The number of ether oxygens (including phenoxy) is 4. The lowest BCUT2D eigenvalue weighted by Gasteiger charge is -2.29. The van der Waals surface area contributed by atoms with Crippen molar-refractivity contribution in [1.29, 1.82) is 5.26 Å². The van der Waals surface area contributed by atoms with Crippen LogP contribution >= 0.6 is 11.8 Å². The first-order valence-electron chi connectivity index (χ1n) is 10.8. The molecule has 0 bridgehead atoms. The molecule has 1 N–H and O–H groups in total. The van der Waals surface area contributed by atoms with Crippen molar-refractivity contribution in [3.8, 4) is 17.6 Å². The molecule has 172 valence electrons. The number of amides is 1. The van der Waals surface area contributed by atoms with Gasteiger partial charge in [-0.25, -0.2) is 4.98 Å². The lowest BCUT2D eigenvalue weighted by Crippen LogP contribution is -2.45. The average molecular weight is 468 g/mol. The van der Waals surface area contributed by atoms with E-state index in [2.05, 4.69) is 16.4 Å². The van der Waals surface area contributed by atoms with Crippen LogP contribution in [0.1, 0.15) is 19.4 Å². The van der Waals surface area contributed by atoms with Gasteiger partial charge < -0.3 is 24.3 Å². The van der Waals surface area contributed by atoms with Gasteiger partial charge in [0.2, 0.25) is 5.91 Å². The number of pyridine rings is 1. The van der Waals surface area contributed by atoms with Crippen LogP contribution in [0, 0.1) is 11.3 Å². The molecule has 1 amide bonds. The van der Waals surface area contributed by atoms with Crippen molar-refractivity contribution >= 4 is 35.5 Å². The summed E-state index contributed by atoms with van der Waals surface area (Å²) in [5.41, 5.74) is 0.954. The maximum absolute atomic E-state index is 12.7. The minimum atomic E-state index is -0.238. The topological polar surface area (TPSA) is 103 Å². The largest absolute Gasteiger partial charge is 0.494 e. The number of hydrogen-bond donors (Lipinski definition) is 1. The molecule has 0 saturated carbocycles. The third-order valence-corrected chi connectivity index (χ3v) is 6.03. The Morgan fingerprint density at radius 2 is 1.94 bits per heavy atom. The maximum Gasteiger partial charge on any atom is 0.234 e. The van der Waals surface area contributed by atoms with E-state index in [0.29, 0.717) is 54.2 Å². The van der Waals surface area contributed by atoms with E-state index in [9.17, 15) is 10.1 Å². The third kappa shape index (κ3) is 5.47. The molecule has 2 atom stereocenters. The second kappa shape index (κ2) is 10.7. The van der Waals surface area contributed by atoms with Crippen LogP contribution in [0.25, 0.3) is 12.2 Å². The van der Waals surface area contributed by atoms with Gasteiger partial charge in [-0.05, 0) is 44.2 Å². The van der Waals surface area contributed by atoms with Gasteiger partial charge in [0.05, 0.1) is 48.8 Å². The summed E-state index contributed by atoms with van der Waals surface area (Å²) in [5.74, 6) is 1.06. The molecule has 0 radical (unpaired) electrons. The van der Waals surface area contributed by atoms with Crippen LogP contribution in [0.15, 0.2) is 29.3 Å². The Kier molecular flexibility index (Phi) is 7.50. The van der Waals surface area contributed by atoms with Gasteiger partial charge >= 0.3 is 0 Å². The van der Waals surface area contributed by atoms with Crippen molar-refractivity contribution in [3.05, 3.63) is 40.4 Å². The Morgan fingerprint density at radius 1 is 1.18 bits per heavy atom. The van der Waals surface area contributed by atoms with Crippen molar-refractivity contribution in [2.75, 3.05) is 37.5 Å². The highest BCUT2D eigenvalue weighted by Gasteiger charge is 2.26. The zero-order valence-electron chi connectivity index (χ0n) is 18.5. The van der Waals surface area contributed by atoms with Gasteiger partial charge in [0.25, 0.3) is 0 Å². The monoisotopic (exact) mass is 467 g/mol. The summed E-state index contributed by atoms with van der Waals surface area (Å²) in [6.45, 7) is 5.84. The smallest absolute Gasteiger partial charge is 0.234 e. The fourth-order valence-electron chi connectivity index (χ4n) is 3.62. The fourth-order valence-corrected chi connectivity index (χ4v) is 4.39. The van der Waals surface area contributed by atoms with Crippen molar-refractivity contribution in [2.45, 2.75) is 31.1 Å². The van der Waals surface area contributed by atoms with Crippen molar-refractivity contribution in [3.63, 3.8) is 0 Å². The van der Waals surface area contributed by atoms with Crippen LogP contribution in [0.4, 0.5) is 5.69 Å². The lowest BCUT2D eigenvalue weighted by atomic mass is 10.0. The highest BCUT2D eigenvalue weighted by molar-refractivity contribution is 8.00. The first-order chi connectivity index (χ1) is 16.1. The second-order valence-electron chi connectivity index (χ2n) is 7.29. The molecular weight excluding hydrogens is 442 g/mol. The minimum absolute atomic E-state index is 0.0836. The molecule has 1 aromatic heterocycles. The summed E-state index contributed by atoms with van der Waals surface area (Å²) in [6.07, 6.45) is 3.49. The number of anilines is 1. The van der Waals surface area contributed by atoms with Gasteiger partial charge in [-0.2, -0.15) is 5.26 Å². The van der Waals surface area contributed by atoms with Crippen LogP contribution in [0.3, 0.4) is 0 Å². The third-order valence-electron chi connectivity index (χ3n) is 5.04. The van der Waals surface area contributed by atoms with Gasteiger partial charge in [-0.1, -0.05) is 11.8 Å². The molecule has 0 spiro atoms. The second-order valence-corrected chi connectivity index (χ2v) is 8.26. The quantitative estimate of drug-likeness (QED) is 0.587. The molecular formula is C24H25N3O5S. The Bertz CT molecular complexity index is 1190. The molecule has 9 heteroatoms. The molecule has 2 aromatic rings. The van der Waals surface area contributed by atoms with E-state index in [0.717, 1.165) is 10.6 Å². The summed E-state index contributed by atoms with van der Waals surface area (Å²) in [6, 6.07) is 9.27. The molecule has 2 aliphatic rings. The number of rotatable bonds is 8. The molecule has 8 nitrogen and oxygen atoms in total. The summed E-state index contributed by atoms with van der Waals surface area (Å²) in [4.78, 5) is 17.3. The zero-order valence-corrected chi connectivity index (χ0v) is 19.3. The van der Waals surface area contributed by atoms with E-state index in [4.69, 9.17) is 18.9 Å². The minimum Gasteiger partial charge on any atom is -0.494 e. The van der Waals surface area contributed by atoms with Crippen LogP contribution in [0.5, 0.6) is 11.5 Å². The first kappa shape index (κ1) is 23.1. The molecule has 1 saturated heterocycles. The number of nitriles is 1. The van der Waals surface area contributed by atoms with Crippen LogP contribution in [-0.4, -0.2) is 55.3 Å². The Morgan fingerprint density at radius 3 is 2.67 bits per heavy atom. The Hall–Kier alpha value is -3.06. The molecule has 1 aromatic carbocycles. The number of carbonyl (C=O) groups is 1. The van der Waals surface area contributed by atoms with Crippen molar-refractivity contribution in [2.24, 2.45) is 0 Å². The molecule has 33 heavy (non-hydrogen) atoms. The van der Waals surface area contributed by atoms with E-state index in [1.165, 1.54) is 11.8 Å². The summed E-state index contributed by atoms with van der Waals surface area (Å²) >= 11 is 1.21. The van der Waals surface area contributed by atoms with Gasteiger partial charge in [0, 0.05) is 11.3 Å². The van der Waals surface area contributed by atoms with E-state index < -0.39 is 0 Å². The number of benzene rings is 1. The normalized spacial score (nSPS) is 18.6. The Labute approximate surface area is 196 Å². The standard InChI is InChI=1S/C24H25N3O5S/c1-3-29-17-5-6-20(30-4-2)19(11-17)26-23(28)14-33-24-16(13-25)9-15-10-21-22(12-18(15)27-24)32-8-7-31-21/h5-6,9-12,21-22H,3-4,7-8,14H2,1-2H3,(H,26,28). The highest BCUT2D eigenvalue weighted by atomic mass is 32.2. The van der Waals surface area contributed by atoms with Crippen molar-refractivity contribution < 1.29 is 23.7 Å². The maximum atomic E-state index is 12.7. The van der Waals surface area contributed by atoms with E-state index >= 15 is 0 Å². The van der Waals surface area contributed by atoms with Crippen LogP contribution in [-0.2, 0) is 14.3 Å². The van der Waals surface area contributed by atoms with Crippen LogP contribution < -0.4 is 25.4 Å². The van der Waals surface area contributed by atoms with Gasteiger partial charge in [-0.15, -0.1) is 0 Å². The number of nitrogens with one attached hydrogen (secondary N) is 1. The molecule has 2 heterocycles. The van der Waals surface area contributed by atoms with Gasteiger partial charge in [-0.3, -0.25) is 4.79 Å². The van der Waals surface area contributed by atoms with Crippen molar-refractivity contribution in [1.82, 2.24) is 4.98 Å². The molecule has 2 unspecified atom stereocenters. The lowest BCUT2D eigenvalue weighted by molar-refractivity contribution is -0.113. The number of fused-ring (bicyclic) bond motifs is 2. The zero-order chi connectivity index (χ0) is 23.2. The number of hydrogen-bond acceptors (Lipinski definition) is 8. The van der Waals surface area contributed by atoms with E-state index in [1.54, 1.807) is 24.3 Å². The molecule has 1 aliphatic carbocycles. The number of aromatic nitrogens is 1. The fraction of sp³-hybridized carbons (Fsp3) is 0.375. The highest BCUT2D eigenvalue weighted by Crippen LogP contribution is 2.30. The summed E-state index contributed by atoms with van der Waals surface area (Å²) in [5, 5.41) is 14.6. The summed E-state index contributed by atoms with van der Waals surface area (Å²) in [7, 11) is 0. The van der Waals surface area contributed by atoms with Gasteiger partial charge in [0.15, 0.2) is 0 Å². The predicted molar refractivity (Wildman–Crippen MR) is 125 cm³/mol.